The quantitative estimate of drug-likeness (QED) is 0.516. The Morgan fingerprint density at radius 3 is 2.29 bits per heavy atom. The molecule has 0 unspecified atom stereocenters. The van der Waals surface area contributed by atoms with Crippen LogP contribution in [0.5, 0.6) is 0 Å². The van der Waals surface area contributed by atoms with Gasteiger partial charge in [0.2, 0.25) is 0 Å². The van der Waals surface area contributed by atoms with Gasteiger partial charge in [0, 0.05) is 0 Å². The Kier molecular flexibility index (Phi) is 1.87. The first-order valence-corrected chi connectivity index (χ1v) is 4.35. The van der Waals surface area contributed by atoms with Crippen LogP contribution >= 0.6 is 9.53 Å². The van der Waals surface area contributed by atoms with Gasteiger partial charge in [-0.15, -0.1) is 0 Å². The molecule has 1 heterocycles. The molecular weight excluding hydrogens is 206 g/mol. The van der Waals surface area contributed by atoms with Crippen molar-refractivity contribution in [1.82, 2.24) is 0 Å². The van der Waals surface area contributed by atoms with Crippen molar-refractivity contribution in [3.05, 3.63) is 0 Å². The van der Waals surface area contributed by atoms with Crippen molar-refractivity contribution < 1.29 is 16.5 Å². The van der Waals surface area contributed by atoms with Crippen molar-refractivity contribution >= 4 is 26.2 Å². The zero-order valence-corrected chi connectivity index (χ0v) is 5.55. The van der Waals surface area contributed by atoms with E-state index in [1.54, 1.807) is 12.4 Å². The summed E-state index contributed by atoms with van der Waals surface area (Å²) in [5, 5.41) is 0. The third-order valence-electron chi connectivity index (χ3n) is 0.466. The molecule has 7 heavy (non-hydrogen) atoms. The van der Waals surface area contributed by atoms with E-state index in [0.717, 1.165) is 4.23 Å². The first-order valence-electron chi connectivity index (χ1n) is 1.57. The SMILES string of the molecule is [Cl][Pd]=[C]1N=CC=N1. The molecule has 0 aromatic heterocycles. The summed E-state index contributed by atoms with van der Waals surface area (Å²) in [5.41, 5.74) is 0. The van der Waals surface area contributed by atoms with Gasteiger partial charge in [-0.3, -0.25) is 0 Å². The molecule has 0 aromatic rings. The van der Waals surface area contributed by atoms with Gasteiger partial charge in [0.05, 0.1) is 0 Å². The number of aliphatic imine (C=N–C) groups is 2. The summed E-state index contributed by atoms with van der Waals surface area (Å²) >= 11 is 0.0403. The predicted octanol–water partition coefficient (Wildman–Crippen LogP) is 0.465. The molecule has 0 saturated heterocycles. The molecule has 1 aliphatic rings. The zero-order chi connectivity index (χ0) is 5.11. The van der Waals surface area contributed by atoms with E-state index >= 15 is 0 Å². The molecule has 0 N–H and O–H groups in total. The second-order valence-corrected chi connectivity index (χ2v) is 2.55. The summed E-state index contributed by atoms with van der Waals surface area (Å²) in [4.78, 5) is 7.63. The molecule has 0 aliphatic carbocycles. The summed E-state index contributed by atoms with van der Waals surface area (Å²) in [6, 6.07) is 0. The van der Waals surface area contributed by atoms with E-state index in [4.69, 9.17) is 9.53 Å². The molecule has 0 radical (unpaired) electrons. The van der Waals surface area contributed by atoms with E-state index in [-0.39, 0.29) is 16.5 Å². The van der Waals surface area contributed by atoms with Crippen molar-refractivity contribution in [3.8, 4) is 0 Å². The Morgan fingerprint density at radius 2 is 2.00 bits per heavy atom. The third-order valence-corrected chi connectivity index (χ3v) is 1.76. The van der Waals surface area contributed by atoms with E-state index in [9.17, 15) is 0 Å². The van der Waals surface area contributed by atoms with Crippen LogP contribution in [0.3, 0.4) is 0 Å². The average molecular weight is 208 g/mol. The van der Waals surface area contributed by atoms with Gasteiger partial charge >= 0.3 is 52.7 Å². The Balaban J connectivity index is 2.79. The fraction of sp³-hybridized carbons (Fsp3) is 0. The molecule has 0 spiro atoms. The summed E-state index contributed by atoms with van der Waals surface area (Å²) < 4.78 is 0.746. The van der Waals surface area contributed by atoms with Gasteiger partial charge in [-0.25, -0.2) is 0 Å². The fourth-order valence-corrected chi connectivity index (χ4v) is 0.993. The van der Waals surface area contributed by atoms with Crippen LogP contribution in [0.15, 0.2) is 9.98 Å². The molecule has 4 heteroatoms. The van der Waals surface area contributed by atoms with Crippen LogP contribution in [-0.4, -0.2) is 16.7 Å². The van der Waals surface area contributed by atoms with Crippen LogP contribution in [0, 0.1) is 0 Å². The Labute approximate surface area is 53.0 Å². The summed E-state index contributed by atoms with van der Waals surface area (Å²) in [7, 11) is 5.39. The number of nitrogens with zero attached hydrogens (tertiary/aromatic N) is 2. The van der Waals surface area contributed by atoms with Crippen molar-refractivity contribution in [1.29, 1.82) is 0 Å². The minimum atomic E-state index is 0.0403. The van der Waals surface area contributed by atoms with Crippen LogP contribution in [0.2, 0.25) is 0 Å². The van der Waals surface area contributed by atoms with Crippen molar-refractivity contribution in [3.63, 3.8) is 0 Å². The molecule has 1 aliphatic heterocycles. The number of halogens is 1. The van der Waals surface area contributed by atoms with Gasteiger partial charge in [-0.05, 0) is 0 Å². The van der Waals surface area contributed by atoms with Crippen LogP contribution in [0.4, 0.5) is 0 Å². The Morgan fingerprint density at radius 1 is 1.43 bits per heavy atom. The van der Waals surface area contributed by atoms with Crippen molar-refractivity contribution in [2.45, 2.75) is 0 Å². The Hall–Kier alpha value is 0.162. The monoisotopic (exact) mass is 207 g/mol. The summed E-state index contributed by atoms with van der Waals surface area (Å²) in [6.45, 7) is 0. The van der Waals surface area contributed by atoms with Gasteiger partial charge < -0.3 is 0 Å². The summed E-state index contributed by atoms with van der Waals surface area (Å²) in [5.74, 6) is 0. The van der Waals surface area contributed by atoms with Gasteiger partial charge in [-0.2, -0.15) is 0 Å². The molecule has 0 fully saturated rings. The standard InChI is InChI=1S/C3H2N2.ClH.Pd/c1-2-5-3-4-1;;/h1-2H;1H;/q;;+1/p-1. The number of hydrogen-bond acceptors (Lipinski definition) is 2. The first-order chi connectivity index (χ1) is 3.43. The van der Waals surface area contributed by atoms with Crippen molar-refractivity contribution in [2.24, 2.45) is 9.98 Å². The molecule has 0 saturated carbocycles. The molecule has 41 valence electrons. The minimum absolute atomic E-state index is 0.0403. The Bertz CT molecular complexity index is 135. The molecule has 1 rings (SSSR count). The number of hydrogen-bond donors (Lipinski definition) is 0. The normalized spacial score (nSPS) is 17.0. The molecule has 0 amide bonds. The molecule has 0 bridgehead atoms. The van der Waals surface area contributed by atoms with Gasteiger partial charge in [0.25, 0.3) is 0 Å². The second kappa shape index (κ2) is 2.46. The number of rotatable bonds is 0. The van der Waals surface area contributed by atoms with E-state index in [0.29, 0.717) is 0 Å². The first kappa shape index (κ1) is 5.30. The van der Waals surface area contributed by atoms with Crippen LogP contribution in [-0.2, 0) is 16.5 Å². The van der Waals surface area contributed by atoms with Gasteiger partial charge in [0.1, 0.15) is 0 Å². The third kappa shape index (κ3) is 1.27. The second-order valence-electron chi connectivity index (χ2n) is 0.858. The molecule has 2 nitrogen and oxygen atoms in total. The van der Waals surface area contributed by atoms with Crippen LogP contribution in [0.25, 0.3) is 0 Å². The predicted molar refractivity (Wildman–Crippen MR) is 27.8 cm³/mol. The zero-order valence-electron chi connectivity index (χ0n) is 3.24. The van der Waals surface area contributed by atoms with E-state index in [2.05, 4.69) is 9.98 Å². The average Bonchev–Trinajstić information content (AvgIpc) is 2.14. The van der Waals surface area contributed by atoms with Gasteiger partial charge in [0.15, 0.2) is 0 Å². The van der Waals surface area contributed by atoms with E-state index < -0.39 is 0 Å². The van der Waals surface area contributed by atoms with E-state index in [1.165, 1.54) is 0 Å². The molecule has 0 atom stereocenters. The molecule has 0 aromatic carbocycles. The summed E-state index contributed by atoms with van der Waals surface area (Å²) in [6.07, 6.45) is 3.27. The van der Waals surface area contributed by atoms with E-state index in [1.807, 2.05) is 0 Å². The van der Waals surface area contributed by atoms with Gasteiger partial charge in [-0.1, -0.05) is 0 Å². The topological polar surface area (TPSA) is 24.7 Å². The molecular formula is C3H2ClN2Pd. The maximum absolute atomic E-state index is 5.39. The van der Waals surface area contributed by atoms with Crippen LogP contribution < -0.4 is 0 Å². The van der Waals surface area contributed by atoms with Crippen molar-refractivity contribution in [2.75, 3.05) is 0 Å². The van der Waals surface area contributed by atoms with Crippen LogP contribution in [0.1, 0.15) is 0 Å². The fourth-order valence-electron chi connectivity index (χ4n) is 0.245. The maximum atomic E-state index is 5.39.